The summed E-state index contributed by atoms with van der Waals surface area (Å²) >= 11 is 5.88. The van der Waals surface area contributed by atoms with Gasteiger partial charge < -0.3 is 0 Å². The van der Waals surface area contributed by atoms with Gasteiger partial charge in [0.15, 0.2) is 5.69 Å². The molecular weight excluding hydrogens is 348 g/mol. The van der Waals surface area contributed by atoms with Gasteiger partial charge in [0.05, 0.1) is 12.8 Å². The Balaban J connectivity index is 1.61. The zero-order valence-corrected chi connectivity index (χ0v) is 15.4. The van der Waals surface area contributed by atoms with Crippen LogP contribution in [-0.2, 0) is 6.54 Å². The molecule has 1 N–H and O–H groups in total. The average molecular weight is 367 g/mol. The molecule has 0 aliphatic heterocycles. The summed E-state index contributed by atoms with van der Waals surface area (Å²) in [5, 5.41) is 8.99. The summed E-state index contributed by atoms with van der Waals surface area (Å²) in [4.78, 5) is 12.2. The van der Waals surface area contributed by atoms with Crippen molar-refractivity contribution in [3.63, 3.8) is 0 Å². The second kappa shape index (κ2) is 7.97. The lowest BCUT2D eigenvalue weighted by atomic mass is 10.1. The van der Waals surface area contributed by atoms with E-state index >= 15 is 0 Å². The first kappa shape index (κ1) is 17.9. The maximum atomic E-state index is 12.2. The van der Waals surface area contributed by atoms with Crippen molar-refractivity contribution in [2.75, 3.05) is 0 Å². The van der Waals surface area contributed by atoms with Crippen molar-refractivity contribution >= 4 is 23.7 Å². The van der Waals surface area contributed by atoms with Crippen LogP contribution in [0, 0.1) is 13.8 Å². The molecule has 1 heterocycles. The molecule has 0 aliphatic carbocycles. The van der Waals surface area contributed by atoms with E-state index < -0.39 is 0 Å². The monoisotopic (exact) mass is 366 g/mol. The van der Waals surface area contributed by atoms with Crippen molar-refractivity contribution in [3.05, 3.63) is 87.7 Å². The second-order valence-electron chi connectivity index (χ2n) is 6.08. The Hall–Kier alpha value is -2.92. The molecule has 3 aromatic rings. The van der Waals surface area contributed by atoms with E-state index in [0.717, 1.165) is 16.7 Å². The number of amides is 1. The van der Waals surface area contributed by atoms with E-state index in [1.807, 2.05) is 50.2 Å². The molecule has 26 heavy (non-hydrogen) atoms. The Morgan fingerprint density at radius 2 is 1.96 bits per heavy atom. The maximum absolute atomic E-state index is 12.2. The Morgan fingerprint density at radius 3 is 2.69 bits per heavy atom. The van der Waals surface area contributed by atoms with Gasteiger partial charge in [-0.25, -0.2) is 5.43 Å². The fourth-order valence-electron chi connectivity index (χ4n) is 2.54. The highest BCUT2D eigenvalue weighted by atomic mass is 35.5. The molecule has 0 bridgehead atoms. The van der Waals surface area contributed by atoms with Crippen molar-refractivity contribution in [2.45, 2.75) is 20.4 Å². The minimum absolute atomic E-state index is 0.316. The predicted molar refractivity (Wildman–Crippen MR) is 104 cm³/mol. The lowest BCUT2D eigenvalue weighted by Gasteiger charge is -2.02. The van der Waals surface area contributed by atoms with Gasteiger partial charge in [-0.3, -0.25) is 9.48 Å². The highest BCUT2D eigenvalue weighted by Crippen LogP contribution is 2.11. The molecule has 1 aromatic heterocycles. The van der Waals surface area contributed by atoms with Gasteiger partial charge in [0.25, 0.3) is 5.91 Å². The lowest BCUT2D eigenvalue weighted by Crippen LogP contribution is -2.18. The third-order valence-electron chi connectivity index (χ3n) is 3.93. The number of hydrogen-bond acceptors (Lipinski definition) is 3. The minimum Gasteiger partial charge on any atom is -0.268 e. The molecule has 0 radical (unpaired) electrons. The number of hydrazone groups is 1. The average Bonchev–Trinajstić information content (AvgIpc) is 3.07. The number of carbonyl (C=O) groups excluding carboxylic acids is 1. The first-order valence-corrected chi connectivity index (χ1v) is 8.57. The number of hydrogen-bond donors (Lipinski definition) is 1. The van der Waals surface area contributed by atoms with Gasteiger partial charge in [0.1, 0.15) is 0 Å². The van der Waals surface area contributed by atoms with Crippen LogP contribution in [0.1, 0.15) is 32.7 Å². The van der Waals surface area contributed by atoms with Crippen molar-refractivity contribution in [3.8, 4) is 0 Å². The van der Waals surface area contributed by atoms with E-state index in [4.69, 9.17) is 11.6 Å². The molecule has 5 nitrogen and oxygen atoms in total. The third-order valence-corrected chi connectivity index (χ3v) is 4.18. The van der Waals surface area contributed by atoms with Crippen LogP contribution in [0.5, 0.6) is 0 Å². The van der Waals surface area contributed by atoms with Gasteiger partial charge in [-0.1, -0.05) is 47.5 Å². The van der Waals surface area contributed by atoms with Crippen LogP contribution in [0.3, 0.4) is 0 Å². The number of nitrogens with one attached hydrogen (secondary N) is 1. The number of benzene rings is 2. The summed E-state index contributed by atoms with van der Waals surface area (Å²) in [5.41, 5.74) is 7.14. The molecule has 0 fully saturated rings. The molecule has 2 aromatic carbocycles. The summed E-state index contributed by atoms with van der Waals surface area (Å²) in [7, 11) is 0. The highest BCUT2D eigenvalue weighted by Gasteiger charge is 2.08. The minimum atomic E-state index is -0.346. The molecule has 6 heteroatoms. The molecule has 3 rings (SSSR count). The fourth-order valence-corrected chi connectivity index (χ4v) is 2.66. The van der Waals surface area contributed by atoms with Gasteiger partial charge in [-0.2, -0.15) is 10.2 Å². The zero-order chi connectivity index (χ0) is 18.5. The summed E-state index contributed by atoms with van der Waals surface area (Å²) in [6.45, 7) is 4.61. The van der Waals surface area contributed by atoms with Crippen LogP contribution in [0.25, 0.3) is 0 Å². The van der Waals surface area contributed by atoms with Crippen LogP contribution in [-0.4, -0.2) is 21.9 Å². The van der Waals surface area contributed by atoms with Crippen LogP contribution in [0.15, 0.2) is 59.8 Å². The standard InChI is InChI=1S/C20H19ClN4O/c1-14-3-6-17(15(2)11-14)12-22-23-20(26)19-9-10-25(24-19)13-16-4-7-18(21)8-5-16/h3-12H,13H2,1-2H3,(H,23,26)/b22-12+. The maximum Gasteiger partial charge on any atom is 0.291 e. The Labute approximate surface area is 157 Å². The topological polar surface area (TPSA) is 59.3 Å². The van der Waals surface area contributed by atoms with Crippen LogP contribution >= 0.6 is 11.6 Å². The number of halogens is 1. The molecule has 0 atom stereocenters. The largest absolute Gasteiger partial charge is 0.291 e. The Kier molecular flexibility index (Phi) is 5.49. The van der Waals surface area contributed by atoms with Crippen molar-refractivity contribution < 1.29 is 4.79 Å². The first-order valence-electron chi connectivity index (χ1n) is 8.20. The molecule has 0 spiro atoms. The SMILES string of the molecule is Cc1ccc(/C=N/NC(=O)c2ccn(Cc3ccc(Cl)cc3)n2)c(C)c1. The number of carbonyl (C=O) groups is 1. The summed E-state index contributed by atoms with van der Waals surface area (Å²) in [6, 6.07) is 15.2. The van der Waals surface area contributed by atoms with Gasteiger partial charge in [0.2, 0.25) is 0 Å². The van der Waals surface area contributed by atoms with E-state index in [0.29, 0.717) is 17.3 Å². The third kappa shape index (κ3) is 4.58. The summed E-state index contributed by atoms with van der Waals surface area (Å²) in [5.74, 6) is -0.346. The first-order chi connectivity index (χ1) is 12.5. The number of aromatic nitrogens is 2. The zero-order valence-electron chi connectivity index (χ0n) is 14.6. The number of aryl methyl sites for hydroxylation is 2. The molecule has 0 unspecified atom stereocenters. The van der Waals surface area contributed by atoms with Crippen molar-refractivity contribution in [2.24, 2.45) is 5.10 Å². The van der Waals surface area contributed by atoms with E-state index in [9.17, 15) is 4.79 Å². The highest BCUT2D eigenvalue weighted by molar-refractivity contribution is 6.30. The van der Waals surface area contributed by atoms with Crippen LogP contribution < -0.4 is 5.43 Å². The summed E-state index contributed by atoms with van der Waals surface area (Å²) < 4.78 is 1.70. The van der Waals surface area contributed by atoms with Crippen molar-refractivity contribution in [1.29, 1.82) is 0 Å². The van der Waals surface area contributed by atoms with Gasteiger partial charge in [-0.15, -0.1) is 0 Å². The second-order valence-corrected chi connectivity index (χ2v) is 6.52. The predicted octanol–water partition coefficient (Wildman–Crippen LogP) is 3.97. The molecule has 0 aliphatic rings. The number of nitrogens with zero attached hydrogens (tertiary/aromatic N) is 3. The van der Waals surface area contributed by atoms with E-state index in [2.05, 4.69) is 21.7 Å². The molecule has 132 valence electrons. The number of rotatable bonds is 5. The van der Waals surface area contributed by atoms with E-state index in [1.54, 1.807) is 23.2 Å². The Morgan fingerprint density at radius 1 is 1.19 bits per heavy atom. The smallest absolute Gasteiger partial charge is 0.268 e. The van der Waals surface area contributed by atoms with Crippen molar-refractivity contribution in [1.82, 2.24) is 15.2 Å². The normalized spacial score (nSPS) is 11.0. The molecular formula is C20H19ClN4O. The van der Waals surface area contributed by atoms with Gasteiger partial charge >= 0.3 is 0 Å². The molecule has 0 saturated carbocycles. The van der Waals surface area contributed by atoms with E-state index in [1.165, 1.54) is 5.56 Å². The molecule has 0 saturated heterocycles. The quantitative estimate of drug-likeness (QED) is 0.548. The van der Waals surface area contributed by atoms with Gasteiger partial charge in [-0.05, 0) is 48.7 Å². The Bertz CT molecular complexity index is 945. The van der Waals surface area contributed by atoms with Crippen LogP contribution in [0.4, 0.5) is 0 Å². The lowest BCUT2D eigenvalue weighted by molar-refractivity contribution is 0.0949. The van der Waals surface area contributed by atoms with E-state index in [-0.39, 0.29) is 5.91 Å². The van der Waals surface area contributed by atoms with Gasteiger partial charge in [0, 0.05) is 11.2 Å². The van der Waals surface area contributed by atoms with Crippen LogP contribution in [0.2, 0.25) is 5.02 Å². The molecule has 1 amide bonds. The fraction of sp³-hybridized carbons (Fsp3) is 0.150. The summed E-state index contributed by atoms with van der Waals surface area (Å²) in [6.07, 6.45) is 3.40.